The van der Waals surface area contributed by atoms with Crippen LogP contribution < -0.4 is 0 Å². The molecule has 0 radical (unpaired) electrons. The number of hydrogen-bond acceptors (Lipinski definition) is 1. The molecule has 1 aromatic carbocycles. The minimum Gasteiger partial charge on any atom is -0.481 e. The Bertz CT molecular complexity index is 418. The zero-order valence-electron chi connectivity index (χ0n) is 9.34. The lowest BCUT2D eigenvalue weighted by Crippen LogP contribution is -2.06. The van der Waals surface area contributed by atoms with Crippen LogP contribution in [0.5, 0.6) is 0 Å². The zero-order chi connectivity index (χ0) is 13.0. The number of carboxylic acid groups (broad SMARTS) is 1. The molecule has 2 nitrogen and oxygen atoms in total. The first-order chi connectivity index (χ1) is 7.95. The molecule has 0 heterocycles. The van der Waals surface area contributed by atoms with E-state index in [-0.39, 0.29) is 18.4 Å². The second kappa shape index (κ2) is 5.70. The molecule has 5 heteroatoms. The van der Waals surface area contributed by atoms with Gasteiger partial charge in [0.25, 0.3) is 0 Å². The first kappa shape index (κ1) is 13.5. The van der Waals surface area contributed by atoms with E-state index in [1.807, 2.05) is 0 Å². The summed E-state index contributed by atoms with van der Waals surface area (Å²) < 4.78 is 39.2. The van der Waals surface area contributed by atoms with Gasteiger partial charge in [0.05, 0.1) is 0 Å². The van der Waals surface area contributed by atoms with Gasteiger partial charge in [0, 0.05) is 12.5 Å². The second-order valence-electron chi connectivity index (χ2n) is 3.83. The third-order valence-electron chi connectivity index (χ3n) is 2.68. The Balaban J connectivity index is 2.95. The van der Waals surface area contributed by atoms with Gasteiger partial charge >= 0.3 is 5.97 Å². The molecule has 1 unspecified atom stereocenters. The summed E-state index contributed by atoms with van der Waals surface area (Å²) >= 11 is 0. The van der Waals surface area contributed by atoms with E-state index in [9.17, 15) is 18.0 Å². The number of carboxylic acids is 1. The summed E-state index contributed by atoms with van der Waals surface area (Å²) in [4.78, 5) is 10.4. The molecule has 0 amide bonds. The van der Waals surface area contributed by atoms with Crippen molar-refractivity contribution in [1.82, 2.24) is 0 Å². The number of carbonyl (C=O) groups is 1. The highest BCUT2D eigenvalue weighted by Gasteiger charge is 2.18. The maximum Gasteiger partial charge on any atom is 0.303 e. The van der Waals surface area contributed by atoms with E-state index >= 15 is 0 Å². The van der Waals surface area contributed by atoms with Gasteiger partial charge < -0.3 is 5.11 Å². The van der Waals surface area contributed by atoms with Crippen LogP contribution in [0.25, 0.3) is 0 Å². The molecule has 0 saturated carbocycles. The van der Waals surface area contributed by atoms with Gasteiger partial charge in [-0.3, -0.25) is 4.79 Å². The Morgan fingerprint density at radius 3 is 2.35 bits per heavy atom. The van der Waals surface area contributed by atoms with Gasteiger partial charge in [-0.1, -0.05) is 6.92 Å². The van der Waals surface area contributed by atoms with Crippen molar-refractivity contribution in [1.29, 1.82) is 0 Å². The summed E-state index contributed by atoms with van der Waals surface area (Å²) in [6, 6.07) is 1.30. The van der Waals surface area contributed by atoms with Crippen molar-refractivity contribution >= 4 is 5.97 Å². The topological polar surface area (TPSA) is 37.3 Å². The molecule has 0 aliphatic rings. The molecular weight excluding hydrogens is 233 g/mol. The largest absolute Gasteiger partial charge is 0.481 e. The molecule has 1 atom stereocenters. The highest BCUT2D eigenvalue weighted by atomic mass is 19.2. The van der Waals surface area contributed by atoms with Gasteiger partial charge in [0.1, 0.15) is 5.82 Å². The fourth-order valence-corrected chi connectivity index (χ4v) is 1.73. The summed E-state index contributed by atoms with van der Waals surface area (Å²) in [5.74, 6) is -4.59. The molecule has 0 spiro atoms. The zero-order valence-corrected chi connectivity index (χ0v) is 9.34. The van der Waals surface area contributed by atoms with Crippen molar-refractivity contribution in [3.05, 3.63) is 35.1 Å². The molecule has 1 aromatic rings. The van der Waals surface area contributed by atoms with Crippen LogP contribution in [0.4, 0.5) is 13.2 Å². The van der Waals surface area contributed by atoms with Crippen LogP contribution in [-0.2, 0) is 4.79 Å². The average Bonchev–Trinajstić information content (AvgIpc) is 2.25. The third kappa shape index (κ3) is 3.47. The van der Waals surface area contributed by atoms with Gasteiger partial charge in [-0.2, -0.15) is 0 Å². The minimum atomic E-state index is -1.24. The fraction of sp³-hybridized carbons (Fsp3) is 0.417. The predicted molar refractivity (Wildman–Crippen MR) is 56.2 cm³/mol. The Kier molecular flexibility index (Phi) is 4.54. The fourth-order valence-electron chi connectivity index (χ4n) is 1.73. The van der Waals surface area contributed by atoms with Crippen LogP contribution in [0.3, 0.4) is 0 Å². The van der Waals surface area contributed by atoms with E-state index in [4.69, 9.17) is 5.11 Å². The maximum atomic E-state index is 13.4. The van der Waals surface area contributed by atoms with E-state index in [0.717, 1.165) is 6.07 Å². The van der Waals surface area contributed by atoms with Crippen LogP contribution in [0.2, 0.25) is 0 Å². The van der Waals surface area contributed by atoms with E-state index in [0.29, 0.717) is 12.5 Å². The smallest absolute Gasteiger partial charge is 0.303 e. The molecule has 1 N–H and O–H groups in total. The van der Waals surface area contributed by atoms with Gasteiger partial charge in [0.2, 0.25) is 0 Å². The van der Waals surface area contributed by atoms with Crippen molar-refractivity contribution in [3.8, 4) is 0 Å². The van der Waals surface area contributed by atoms with Crippen molar-refractivity contribution < 1.29 is 23.1 Å². The average molecular weight is 246 g/mol. The van der Waals surface area contributed by atoms with E-state index < -0.39 is 29.3 Å². The predicted octanol–water partition coefficient (Wildman–Crippen LogP) is 3.46. The quantitative estimate of drug-likeness (QED) is 0.808. The van der Waals surface area contributed by atoms with Crippen LogP contribution in [0.15, 0.2) is 12.1 Å². The first-order valence-electron chi connectivity index (χ1n) is 5.32. The lowest BCUT2D eigenvalue weighted by molar-refractivity contribution is -0.137. The number of benzene rings is 1. The summed E-state index contributed by atoms with van der Waals surface area (Å²) in [6.07, 6.45) is 0.542. The number of aliphatic carboxylic acids is 1. The van der Waals surface area contributed by atoms with Gasteiger partial charge in [0.15, 0.2) is 11.6 Å². The summed E-state index contributed by atoms with van der Waals surface area (Å²) in [6.45, 7) is 1.74. The molecule has 0 aromatic heterocycles. The number of rotatable bonds is 5. The normalized spacial score (nSPS) is 12.5. The van der Waals surface area contributed by atoms with Crippen LogP contribution >= 0.6 is 0 Å². The molecule has 94 valence electrons. The molecule has 0 fully saturated rings. The van der Waals surface area contributed by atoms with Crippen LogP contribution in [0.1, 0.15) is 37.7 Å². The first-order valence-corrected chi connectivity index (χ1v) is 5.32. The van der Waals surface area contributed by atoms with Crippen molar-refractivity contribution in [2.75, 3.05) is 0 Å². The van der Waals surface area contributed by atoms with E-state index in [1.165, 1.54) is 0 Å². The Labute approximate surface area is 97.1 Å². The Morgan fingerprint density at radius 1 is 1.24 bits per heavy atom. The third-order valence-corrected chi connectivity index (χ3v) is 2.68. The lowest BCUT2D eigenvalue weighted by atomic mass is 9.91. The monoisotopic (exact) mass is 246 g/mol. The molecule has 17 heavy (non-hydrogen) atoms. The maximum absolute atomic E-state index is 13.4. The molecule has 0 aliphatic carbocycles. The molecule has 0 aliphatic heterocycles. The van der Waals surface area contributed by atoms with Gasteiger partial charge in [-0.25, -0.2) is 13.2 Å². The highest BCUT2D eigenvalue weighted by molar-refractivity contribution is 5.66. The second-order valence-corrected chi connectivity index (χ2v) is 3.83. The van der Waals surface area contributed by atoms with E-state index in [2.05, 4.69) is 0 Å². The summed E-state index contributed by atoms with van der Waals surface area (Å²) in [5, 5.41) is 8.54. The Hall–Kier alpha value is -1.52. The van der Waals surface area contributed by atoms with Crippen molar-refractivity contribution in [2.24, 2.45) is 0 Å². The standard InChI is InChI=1S/C12H13F3O2/c1-2-7(3-4-12(16)17)8-5-10(14)11(15)6-9(8)13/h5-7H,2-4H2,1H3,(H,16,17). The van der Waals surface area contributed by atoms with Crippen LogP contribution in [-0.4, -0.2) is 11.1 Å². The highest BCUT2D eigenvalue weighted by Crippen LogP contribution is 2.28. The summed E-state index contributed by atoms with van der Waals surface area (Å²) in [5.41, 5.74) is 0.0349. The number of halogens is 3. The van der Waals surface area contributed by atoms with Crippen molar-refractivity contribution in [3.63, 3.8) is 0 Å². The van der Waals surface area contributed by atoms with E-state index in [1.54, 1.807) is 6.92 Å². The van der Waals surface area contributed by atoms with Gasteiger partial charge in [-0.05, 0) is 30.4 Å². The molecule has 0 saturated heterocycles. The van der Waals surface area contributed by atoms with Gasteiger partial charge in [-0.15, -0.1) is 0 Å². The Morgan fingerprint density at radius 2 is 1.82 bits per heavy atom. The molecular formula is C12H13F3O2. The molecule has 1 rings (SSSR count). The van der Waals surface area contributed by atoms with Crippen LogP contribution in [0, 0.1) is 17.5 Å². The van der Waals surface area contributed by atoms with Crippen molar-refractivity contribution in [2.45, 2.75) is 32.1 Å². The minimum absolute atomic E-state index is 0.0349. The SMILES string of the molecule is CCC(CCC(=O)O)c1cc(F)c(F)cc1F. The molecule has 0 bridgehead atoms. The lowest BCUT2D eigenvalue weighted by Gasteiger charge is -2.15. The number of hydrogen-bond donors (Lipinski definition) is 1. The summed E-state index contributed by atoms with van der Waals surface area (Å²) in [7, 11) is 0.